The molecule has 1 unspecified atom stereocenters. The fraction of sp³-hybridized carbons (Fsp3) is 0.273. The third-order valence-corrected chi connectivity index (χ3v) is 6.65. The Kier molecular flexibility index (Phi) is 7.46. The maximum absolute atomic E-state index is 12.9. The smallest absolute Gasteiger partial charge is 0.257 e. The molecule has 1 aliphatic heterocycles. The number of rotatable bonds is 8. The van der Waals surface area contributed by atoms with Crippen LogP contribution in [0.4, 0.5) is 15.2 Å². The summed E-state index contributed by atoms with van der Waals surface area (Å²) in [5.74, 6) is 0.139. The minimum absolute atomic E-state index is 0.0206. The summed E-state index contributed by atoms with van der Waals surface area (Å²) in [5, 5.41) is 14.9. The molecule has 0 bridgehead atoms. The van der Waals surface area contributed by atoms with Crippen molar-refractivity contribution in [3.63, 3.8) is 0 Å². The number of carbonyl (C=O) groups is 2. The number of aromatic nitrogens is 2. The number of anilines is 2. The Balaban J connectivity index is 1.22. The van der Waals surface area contributed by atoms with Crippen LogP contribution in [0.3, 0.4) is 0 Å². The van der Waals surface area contributed by atoms with E-state index in [9.17, 15) is 14.0 Å². The minimum atomic E-state index is -0.346. The van der Waals surface area contributed by atoms with E-state index in [0.717, 1.165) is 30.0 Å². The van der Waals surface area contributed by atoms with E-state index >= 15 is 0 Å². The average molecular weight is 473 g/mol. The van der Waals surface area contributed by atoms with Gasteiger partial charge in [-0.25, -0.2) is 4.39 Å². The van der Waals surface area contributed by atoms with Crippen LogP contribution in [0.25, 0.3) is 0 Å². The summed E-state index contributed by atoms with van der Waals surface area (Å²) in [6.07, 6.45) is 1.92. The first-order valence-corrected chi connectivity index (χ1v) is 12.0. The molecule has 10 heteroatoms. The first-order chi connectivity index (χ1) is 15.6. The number of nitrogens with one attached hydrogen (secondary N) is 2. The van der Waals surface area contributed by atoms with E-state index in [4.69, 9.17) is 4.74 Å². The zero-order valence-corrected chi connectivity index (χ0v) is 18.7. The zero-order valence-electron chi connectivity index (χ0n) is 17.0. The Labute approximate surface area is 192 Å². The zero-order chi connectivity index (χ0) is 22.3. The molecular weight excluding hydrogens is 451 g/mol. The first-order valence-electron chi connectivity index (χ1n) is 10.1. The number of hydrogen-bond donors (Lipinski definition) is 2. The third-order valence-electron chi connectivity index (χ3n) is 4.71. The van der Waals surface area contributed by atoms with Crippen molar-refractivity contribution in [2.75, 3.05) is 23.0 Å². The van der Waals surface area contributed by atoms with Crippen LogP contribution in [0.2, 0.25) is 0 Å². The normalized spacial score (nSPS) is 15.5. The summed E-state index contributed by atoms with van der Waals surface area (Å²) in [7, 11) is 0. The highest BCUT2D eigenvalue weighted by atomic mass is 32.2. The van der Waals surface area contributed by atoms with Gasteiger partial charge in [-0.15, -0.1) is 22.0 Å². The van der Waals surface area contributed by atoms with Crippen molar-refractivity contribution in [1.29, 1.82) is 0 Å². The molecule has 2 heterocycles. The fourth-order valence-electron chi connectivity index (χ4n) is 3.10. The molecular formula is C22H21FN4O3S2. The largest absolute Gasteiger partial charge is 0.371 e. The summed E-state index contributed by atoms with van der Waals surface area (Å²) < 4.78 is 18.5. The lowest BCUT2D eigenvalue weighted by Gasteiger charge is -2.06. The highest BCUT2D eigenvalue weighted by Gasteiger charge is 2.22. The number of halogens is 1. The van der Waals surface area contributed by atoms with Gasteiger partial charge in [0.1, 0.15) is 16.9 Å². The van der Waals surface area contributed by atoms with Gasteiger partial charge in [-0.05, 0) is 54.8 Å². The predicted octanol–water partition coefficient (Wildman–Crippen LogP) is 4.65. The molecule has 1 atom stereocenters. The van der Waals surface area contributed by atoms with Gasteiger partial charge in [0, 0.05) is 23.6 Å². The molecule has 4 rings (SSSR count). The molecule has 3 aromatic rings. The van der Waals surface area contributed by atoms with Gasteiger partial charge in [-0.3, -0.25) is 14.9 Å². The van der Waals surface area contributed by atoms with Crippen molar-refractivity contribution in [3.8, 4) is 0 Å². The molecule has 1 aromatic heterocycles. The van der Waals surface area contributed by atoms with Gasteiger partial charge in [0.2, 0.25) is 11.0 Å². The van der Waals surface area contributed by atoms with E-state index in [1.807, 2.05) is 12.1 Å². The van der Waals surface area contributed by atoms with Crippen LogP contribution in [0.15, 0.2) is 48.5 Å². The third kappa shape index (κ3) is 6.12. The molecule has 0 spiro atoms. The molecule has 7 nitrogen and oxygen atoms in total. The highest BCUT2D eigenvalue weighted by molar-refractivity contribution is 7.99. The SMILES string of the molecule is O=C(CSCc1ccc(C(=O)Nc2nnc(C3CCCO3)s2)cc1)Nc1ccc(F)cc1. The Hall–Kier alpha value is -2.82. The lowest BCUT2D eigenvalue weighted by molar-refractivity contribution is -0.113. The summed E-state index contributed by atoms with van der Waals surface area (Å²) >= 11 is 2.79. The molecule has 2 aromatic carbocycles. The lowest BCUT2D eigenvalue weighted by Crippen LogP contribution is -2.14. The predicted molar refractivity (Wildman–Crippen MR) is 123 cm³/mol. The second-order valence-corrected chi connectivity index (χ2v) is 9.14. The molecule has 0 radical (unpaired) electrons. The molecule has 166 valence electrons. The van der Waals surface area contributed by atoms with Gasteiger partial charge in [-0.2, -0.15) is 0 Å². The molecule has 0 aliphatic carbocycles. The van der Waals surface area contributed by atoms with E-state index in [1.54, 1.807) is 12.1 Å². The topological polar surface area (TPSA) is 93.2 Å². The second-order valence-electron chi connectivity index (χ2n) is 7.15. The van der Waals surface area contributed by atoms with Crippen molar-refractivity contribution >= 4 is 45.7 Å². The quantitative estimate of drug-likeness (QED) is 0.496. The summed E-state index contributed by atoms with van der Waals surface area (Å²) in [6, 6.07) is 12.8. The molecule has 2 N–H and O–H groups in total. The van der Waals surface area contributed by atoms with E-state index in [1.165, 1.54) is 47.4 Å². The van der Waals surface area contributed by atoms with Crippen molar-refractivity contribution < 1.29 is 18.7 Å². The van der Waals surface area contributed by atoms with Gasteiger partial charge in [0.25, 0.3) is 5.91 Å². The average Bonchev–Trinajstić information content (AvgIpc) is 3.48. The lowest BCUT2D eigenvalue weighted by atomic mass is 10.1. The number of benzene rings is 2. The number of nitrogens with zero attached hydrogens (tertiary/aromatic N) is 2. The van der Waals surface area contributed by atoms with Crippen LogP contribution in [-0.2, 0) is 15.3 Å². The van der Waals surface area contributed by atoms with Crippen LogP contribution < -0.4 is 10.6 Å². The van der Waals surface area contributed by atoms with E-state index < -0.39 is 0 Å². The highest BCUT2D eigenvalue weighted by Crippen LogP contribution is 2.32. The van der Waals surface area contributed by atoms with Crippen LogP contribution in [-0.4, -0.2) is 34.4 Å². The number of thioether (sulfide) groups is 1. The van der Waals surface area contributed by atoms with Crippen LogP contribution in [0.5, 0.6) is 0 Å². The van der Waals surface area contributed by atoms with Gasteiger partial charge in [0.05, 0.1) is 5.75 Å². The summed E-state index contributed by atoms with van der Waals surface area (Å²) in [5.41, 5.74) is 2.07. The van der Waals surface area contributed by atoms with Crippen LogP contribution in [0, 0.1) is 5.82 Å². The fourth-order valence-corrected chi connectivity index (χ4v) is 4.71. The van der Waals surface area contributed by atoms with Crippen LogP contribution >= 0.6 is 23.1 Å². The number of amides is 2. The molecule has 1 saturated heterocycles. The Morgan fingerprint density at radius 3 is 2.59 bits per heavy atom. The maximum Gasteiger partial charge on any atom is 0.257 e. The van der Waals surface area contributed by atoms with Crippen LogP contribution in [0.1, 0.15) is 39.9 Å². The molecule has 0 saturated carbocycles. The van der Waals surface area contributed by atoms with Crippen molar-refractivity contribution in [2.24, 2.45) is 0 Å². The summed E-state index contributed by atoms with van der Waals surface area (Å²) in [6.45, 7) is 0.732. The number of hydrogen-bond acceptors (Lipinski definition) is 7. The standard InChI is InChI=1S/C22H21FN4O3S2/c23-16-7-9-17(10-8-16)24-19(28)13-31-12-14-3-5-15(6-4-14)20(29)25-22-27-26-21(32-22)18-2-1-11-30-18/h3-10,18H,1-2,11-13H2,(H,24,28)(H,25,27,29). The minimum Gasteiger partial charge on any atom is -0.371 e. The maximum atomic E-state index is 12.9. The van der Waals surface area contributed by atoms with E-state index in [-0.39, 0.29) is 29.5 Å². The molecule has 2 amide bonds. The van der Waals surface area contributed by atoms with Gasteiger partial charge < -0.3 is 10.1 Å². The van der Waals surface area contributed by atoms with Crippen molar-refractivity contribution in [3.05, 3.63) is 70.5 Å². The Bertz CT molecular complexity index is 1070. The monoisotopic (exact) mass is 472 g/mol. The van der Waals surface area contributed by atoms with E-state index in [0.29, 0.717) is 22.1 Å². The van der Waals surface area contributed by atoms with Gasteiger partial charge in [0.15, 0.2) is 0 Å². The second kappa shape index (κ2) is 10.7. The number of ether oxygens (including phenoxy) is 1. The Morgan fingerprint density at radius 1 is 1.09 bits per heavy atom. The van der Waals surface area contributed by atoms with Gasteiger partial charge in [-0.1, -0.05) is 23.5 Å². The molecule has 1 fully saturated rings. The Morgan fingerprint density at radius 2 is 1.88 bits per heavy atom. The van der Waals surface area contributed by atoms with E-state index in [2.05, 4.69) is 20.8 Å². The summed E-state index contributed by atoms with van der Waals surface area (Å²) in [4.78, 5) is 24.5. The number of carbonyl (C=O) groups excluding carboxylic acids is 2. The van der Waals surface area contributed by atoms with Gasteiger partial charge >= 0.3 is 0 Å². The van der Waals surface area contributed by atoms with Crippen molar-refractivity contribution in [1.82, 2.24) is 10.2 Å². The molecule has 1 aliphatic rings. The first kappa shape index (κ1) is 22.4. The van der Waals surface area contributed by atoms with Crippen molar-refractivity contribution in [2.45, 2.75) is 24.7 Å². The molecule has 32 heavy (non-hydrogen) atoms.